The van der Waals surface area contributed by atoms with E-state index in [2.05, 4.69) is 4.98 Å². The Bertz CT molecular complexity index is 783. The third-order valence-corrected chi connectivity index (χ3v) is 5.16. The molecule has 2 aromatic rings. The van der Waals surface area contributed by atoms with Gasteiger partial charge in [0.1, 0.15) is 5.75 Å². The first-order valence-electron chi connectivity index (χ1n) is 8.74. The number of Topliss-reactive ketones (excluding diaryl/α,β-unsaturated/α-hetero) is 1. The van der Waals surface area contributed by atoms with Gasteiger partial charge in [0.15, 0.2) is 0 Å². The number of hydrogen-bond donors (Lipinski definition) is 1. The summed E-state index contributed by atoms with van der Waals surface area (Å²) in [5.41, 5.74) is 0.743. The fourth-order valence-corrected chi connectivity index (χ4v) is 3.87. The highest BCUT2D eigenvalue weighted by atomic mass is 16.3. The molecule has 1 saturated carbocycles. The minimum atomic E-state index is -0.458. The van der Waals surface area contributed by atoms with Crippen LogP contribution in [0, 0.1) is 5.92 Å². The van der Waals surface area contributed by atoms with Crippen molar-refractivity contribution in [2.75, 3.05) is 6.54 Å². The number of aromatic hydroxyl groups is 1. The Morgan fingerprint density at radius 2 is 2.04 bits per heavy atom. The number of benzene rings is 1. The molecule has 4 rings (SSSR count). The minimum Gasteiger partial charge on any atom is -0.508 e. The topological polar surface area (TPSA) is 75.4 Å². The van der Waals surface area contributed by atoms with Crippen LogP contribution in [0.2, 0.25) is 0 Å². The largest absolute Gasteiger partial charge is 0.508 e. The van der Waals surface area contributed by atoms with Gasteiger partial charge in [0.25, 0.3) is 5.91 Å². The lowest BCUT2D eigenvalue weighted by Gasteiger charge is -2.27. The molecule has 0 bridgehead atoms. The van der Waals surface area contributed by atoms with Gasteiger partial charge >= 0.3 is 0 Å². The lowest BCUT2D eigenvalue weighted by molar-refractivity contribution is -0.140. The molecule has 1 saturated heterocycles. The van der Waals surface area contributed by atoms with Gasteiger partial charge in [-0.05, 0) is 42.9 Å². The van der Waals surface area contributed by atoms with Crippen LogP contribution in [-0.4, -0.2) is 43.8 Å². The minimum absolute atomic E-state index is 0.0791. The second kappa shape index (κ2) is 6.35. The number of ketones is 1. The lowest BCUT2D eigenvalue weighted by Crippen LogP contribution is -2.37. The average Bonchev–Trinajstić information content (AvgIpc) is 3.25. The van der Waals surface area contributed by atoms with Crippen molar-refractivity contribution in [2.24, 2.45) is 5.92 Å². The highest BCUT2D eigenvalue weighted by Gasteiger charge is 2.53. The molecular weight excluding hydrogens is 318 g/mol. The van der Waals surface area contributed by atoms with Crippen molar-refractivity contribution in [2.45, 2.75) is 37.8 Å². The van der Waals surface area contributed by atoms with Crippen LogP contribution in [-0.2, 0) is 16.1 Å². The van der Waals surface area contributed by atoms with E-state index in [1.54, 1.807) is 35.6 Å². The maximum absolute atomic E-state index is 12.7. The smallest absolute Gasteiger partial charge is 0.290 e. The number of carbonyl (C=O) groups is 2. The van der Waals surface area contributed by atoms with Gasteiger partial charge in [-0.1, -0.05) is 12.1 Å². The summed E-state index contributed by atoms with van der Waals surface area (Å²) in [6, 6.07) is 6.68. The van der Waals surface area contributed by atoms with Gasteiger partial charge in [0.05, 0.1) is 12.2 Å². The van der Waals surface area contributed by atoms with Gasteiger partial charge < -0.3 is 14.6 Å². The Labute approximate surface area is 146 Å². The number of hydrogen-bond acceptors (Lipinski definition) is 4. The Balaban J connectivity index is 1.54. The first-order valence-corrected chi connectivity index (χ1v) is 8.74. The molecule has 1 amide bonds. The Morgan fingerprint density at radius 1 is 1.20 bits per heavy atom. The fraction of sp³-hybridized carbons (Fsp3) is 0.421. The molecule has 2 unspecified atom stereocenters. The number of rotatable bonds is 6. The van der Waals surface area contributed by atoms with E-state index in [0.29, 0.717) is 12.5 Å². The Hall–Kier alpha value is -2.63. The van der Waals surface area contributed by atoms with E-state index in [1.165, 1.54) is 0 Å². The molecule has 25 heavy (non-hydrogen) atoms. The molecule has 1 aliphatic heterocycles. The number of carbonyl (C=O) groups excluding carboxylic acids is 2. The summed E-state index contributed by atoms with van der Waals surface area (Å²) in [4.78, 5) is 31.1. The fourth-order valence-electron chi connectivity index (χ4n) is 3.87. The third kappa shape index (κ3) is 3.04. The van der Waals surface area contributed by atoms with Crippen LogP contribution in [0.4, 0.5) is 0 Å². The van der Waals surface area contributed by atoms with E-state index in [0.717, 1.165) is 31.4 Å². The van der Waals surface area contributed by atoms with Crippen molar-refractivity contribution >= 4 is 11.7 Å². The van der Waals surface area contributed by atoms with Crippen LogP contribution < -0.4 is 0 Å². The summed E-state index contributed by atoms with van der Waals surface area (Å²) in [5, 5.41) is 9.76. The number of amides is 1. The zero-order valence-electron chi connectivity index (χ0n) is 13.9. The van der Waals surface area contributed by atoms with E-state index in [-0.39, 0.29) is 23.5 Å². The molecule has 2 heterocycles. The highest BCUT2D eigenvalue weighted by molar-refractivity contribution is 6.40. The zero-order valence-corrected chi connectivity index (χ0v) is 13.9. The molecule has 1 aliphatic carbocycles. The second-order valence-corrected chi connectivity index (χ2v) is 6.92. The molecule has 1 aromatic heterocycles. The number of likely N-dealkylation sites (tertiary alicyclic amines) is 1. The maximum Gasteiger partial charge on any atom is 0.290 e. The van der Waals surface area contributed by atoms with E-state index in [1.807, 2.05) is 16.8 Å². The molecule has 0 spiro atoms. The predicted octanol–water partition coefficient (Wildman–Crippen LogP) is 1.95. The Morgan fingerprint density at radius 3 is 2.72 bits per heavy atom. The molecule has 6 heteroatoms. The highest BCUT2D eigenvalue weighted by Crippen LogP contribution is 2.46. The first-order chi connectivity index (χ1) is 12.1. The van der Waals surface area contributed by atoms with Crippen molar-refractivity contribution in [3.63, 3.8) is 0 Å². The van der Waals surface area contributed by atoms with Crippen LogP contribution in [0.15, 0.2) is 43.0 Å². The number of aromatic nitrogens is 2. The SMILES string of the molecule is O=C1C(=O)N(CCCn2ccnc2)C(C2CC2)C1c1cccc(O)c1. The van der Waals surface area contributed by atoms with Gasteiger partial charge in [-0.15, -0.1) is 0 Å². The summed E-state index contributed by atoms with van der Waals surface area (Å²) in [6.07, 6.45) is 8.27. The van der Waals surface area contributed by atoms with Crippen LogP contribution >= 0.6 is 0 Å². The number of aryl methyl sites for hydroxylation is 1. The van der Waals surface area contributed by atoms with Crippen LogP contribution in [0.1, 0.15) is 30.7 Å². The van der Waals surface area contributed by atoms with Crippen LogP contribution in [0.5, 0.6) is 5.75 Å². The maximum atomic E-state index is 12.7. The Kier molecular flexibility index (Phi) is 4.03. The molecule has 1 aromatic carbocycles. The van der Waals surface area contributed by atoms with Gasteiger partial charge in [-0.3, -0.25) is 9.59 Å². The van der Waals surface area contributed by atoms with Crippen molar-refractivity contribution in [3.8, 4) is 5.75 Å². The van der Waals surface area contributed by atoms with Gasteiger partial charge in [-0.2, -0.15) is 0 Å². The second-order valence-electron chi connectivity index (χ2n) is 6.92. The zero-order chi connectivity index (χ0) is 17.4. The molecule has 1 N–H and O–H groups in total. The van der Waals surface area contributed by atoms with Crippen LogP contribution in [0.3, 0.4) is 0 Å². The molecule has 2 atom stereocenters. The number of phenols is 1. The molecule has 2 fully saturated rings. The summed E-state index contributed by atoms with van der Waals surface area (Å²) in [7, 11) is 0. The van der Waals surface area contributed by atoms with E-state index < -0.39 is 5.92 Å². The quantitative estimate of drug-likeness (QED) is 0.816. The van der Waals surface area contributed by atoms with Gasteiger partial charge in [0.2, 0.25) is 5.78 Å². The molecule has 2 aliphatic rings. The monoisotopic (exact) mass is 339 g/mol. The normalized spacial score (nSPS) is 23.4. The van der Waals surface area contributed by atoms with E-state index in [9.17, 15) is 14.7 Å². The van der Waals surface area contributed by atoms with Crippen molar-refractivity contribution in [3.05, 3.63) is 48.5 Å². The van der Waals surface area contributed by atoms with Gasteiger partial charge in [-0.25, -0.2) is 4.98 Å². The third-order valence-electron chi connectivity index (χ3n) is 5.16. The summed E-state index contributed by atoms with van der Waals surface area (Å²) in [6.45, 7) is 1.34. The van der Waals surface area contributed by atoms with Crippen molar-refractivity contribution in [1.29, 1.82) is 0 Å². The molecule has 130 valence electrons. The van der Waals surface area contributed by atoms with Crippen molar-refractivity contribution < 1.29 is 14.7 Å². The summed E-state index contributed by atoms with van der Waals surface area (Å²) < 4.78 is 1.97. The van der Waals surface area contributed by atoms with Gasteiger partial charge in [0, 0.05) is 31.5 Å². The number of imidazole rings is 1. The van der Waals surface area contributed by atoms with Crippen LogP contribution in [0.25, 0.3) is 0 Å². The first kappa shape index (κ1) is 15.9. The van der Waals surface area contributed by atoms with E-state index >= 15 is 0 Å². The van der Waals surface area contributed by atoms with Crippen molar-refractivity contribution in [1.82, 2.24) is 14.5 Å². The average molecular weight is 339 g/mol. The predicted molar refractivity (Wildman–Crippen MR) is 90.9 cm³/mol. The standard InChI is InChI=1S/C19H21N3O3/c23-15-4-1-3-14(11-15)16-17(13-5-6-13)22(19(25)18(16)24)9-2-8-21-10-7-20-12-21/h1,3-4,7,10-13,16-17,23H,2,5-6,8-9H2. The summed E-state index contributed by atoms with van der Waals surface area (Å²) in [5.74, 6) is -0.664. The van der Waals surface area contributed by atoms with E-state index in [4.69, 9.17) is 0 Å². The summed E-state index contributed by atoms with van der Waals surface area (Å²) >= 11 is 0. The number of nitrogens with zero attached hydrogens (tertiary/aromatic N) is 3. The molecule has 0 radical (unpaired) electrons. The molecule has 6 nitrogen and oxygen atoms in total. The molecular formula is C19H21N3O3. The number of phenolic OH excluding ortho intramolecular Hbond substituents is 1. The lowest BCUT2D eigenvalue weighted by atomic mass is 9.88.